The lowest BCUT2D eigenvalue weighted by atomic mass is 9.88. The summed E-state index contributed by atoms with van der Waals surface area (Å²) in [6.07, 6.45) is 6.15. The third kappa shape index (κ3) is 3.93. The Kier molecular flexibility index (Phi) is 5.22. The summed E-state index contributed by atoms with van der Waals surface area (Å²) in [5, 5.41) is 13.1. The minimum atomic E-state index is -0.158. The Bertz CT molecular complexity index is 299. The van der Waals surface area contributed by atoms with E-state index < -0.39 is 0 Å². The van der Waals surface area contributed by atoms with Gasteiger partial charge in [0.15, 0.2) is 0 Å². The first kappa shape index (κ1) is 14.8. The van der Waals surface area contributed by atoms with Gasteiger partial charge in [0.2, 0.25) is 5.91 Å². The van der Waals surface area contributed by atoms with E-state index in [9.17, 15) is 9.90 Å². The number of nitrogens with one attached hydrogen (secondary N) is 1. The third-order valence-corrected chi connectivity index (χ3v) is 4.49. The van der Waals surface area contributed by atoms with Gasteiger partial charge in [0.1, 0.15) is 0 Å². The van der Waals surface area contributed by atoms with Gasteiger partial charge in [0.05, 0.1) is 6.10 Å². The van der Waals surface area contributed by atoms with E-state index in [1.165, 1.54) is 6.42 Å². The van der Waals surface area contributed by atoms with Crippen LogP contribution in [0.3, 0.4) is 0 Å². The second-order valence-electron chi connectivity index (χ2n) is 6.39. The highest BCUT2D eigenvalue weighted by Gasteiger charge is 2.33. The van der Waals surface area contributed by atoms with E-state index in [1.807, 2.05) is 13.8 Å². The molecule has 2 N–H and O–H groups in total. The molecule has 2 aliphatic rings. The summed E-state index contributed by atoms with van der Waals surface area (Å²) in [6, 6.07) is 0.563. The predicted molar refractivity (Wildman–Crippen MR) is 75.8 cm³/mol. The first-order valence-electron chi connectivity index (χ1n) is 7.80. The van der Waals surface area contributed by atoms with Gasteiger partial charge in [0.25, 0.3) is 0 Å². The Labute approximate surface area is 116 Å². The Balaban J connectivity index is 1.80. The molecule has 4 nitrogen and oxygen atoms in total. The highest BCUT2D eigenvalue weighted by molar-refractivity contribution is 5.78. The molecule has 0 aromatic rings. The first-order valence-corrected chi connectivity index (χ1v) is 7.80. The normalized spacial score (nSPS) is 30.5. The van der Waals surface area contributed by atoms with Gasteiger partial charge in [-0.15, -0.1) is 0 Å². The van der Waals surface area contributed by atoms with Crippen LogP contribution in [0, 0.1) is 5.92 Å². The number of nitrogens with zero attached hydrogens (tertiary/aromatic N) is 1. The quantitative estimate of drug-likeness (QED) is 0.816. The Morgan fingerprint density at radius 3 is 2.37 bits per heavy atom. The molecule has 0 aromatic heterocycles. The van der Waals surface area contributed by atoms with Crippen molar-refractivity contribution in [1.29, 1.82) is 0 Å². The van der Waals surface area contributed by atoms with Crippen LogP contribution in [-0.2, 0) is 4.79 Å². The summed E-state index contributed by atoms with van der Waals surface area (Å²) in [5.41, 5.74) is 0. The number of aliphatic hydroxyl groups is 1. The van der Waals surface area contributed by atoms with E-state index in [-0.39, 0.29) is 24.0 Å². The molecule has 2 atom stereocenters. The minimum Gasteiger partial charge on any atom is -0.391 e. The molecule has 19 heavy (non-hydrogen) atoms. The summed E-state index contributed by atoms with van der Waals surface area (Å²) in [7, 11) is 0. The van der Waals surface area contributed by atoms with Crippen LogP contribution in [0.4, 0.5) is 0 Å². The number of hydrogen-bond acceptors (Lipinski definition) is 3. The standard InChI is InChI=1S/C15H28N2O2/c1-11(2)16-15(19)12-7-9-17(10-8-12)13-5-3-4-6-14(13)18/h11-14,18H,3-10H2,1-2H3,(H,16,19). The van der Waals surface area contributed by atoms with Crippen LogP contribution in [-0.4, -0.2) is 47.2 Å². The van der Waals surface area contributed by atoms with Crippen molar-refractivity contribution in [2.24, 2.45) is 5.92 Å². The van der Waals surface area contributed by atoms with E-state index in [0.717, 1.165) is 45.2 Å². The van der Waals surface area contributed by atoms with Gasteiger partial charge in [0, 0.05) is 18.0 Å². The number of carbonyl (C=O) groups excluding carboxylic acids is 1. The van der Waals surface area contributed by atoms with Gasteiger partial charge < -0.3 is 10.4 Å². The summed E-state index contributed by atoms with van der Waals surface area (Å²) in [4.78, 5) is 14.4. The largest absolute Gasteiger partial charge is 0.391 e. The maximum absolute atomic E-state index is 12.0. The van der Waals surface area contributed by atoms with E-state index >= 15 is 0 Å². The average molecular weight is 268 g/mol. The topological polar surface area (TPSA) is 52.6 Å². The van der Waals surface area contributed by atoms with Crippen LogP contribution in [0.15, 0.2) is 0 Å². The molecule has 2 unspecified atom stereocenters. The molecule has 1 saturated heterocycles. The molecular formula is C15H28N2O2. The van der Waals surface area contributed by atoms with E-state index in [4.69, 9.17) is 0 Å². The minimum absolute atomic E-state index is 0.158. The maximum atomic E-state index is 12.0. The Morgan fingerprint density at radius 1 is 1.16 bits per heavy atom. The van der Waals surface area contributed by atoms with E-state index in [2.05, 4.69) is 10.2 Å². The maximum Gasteiger partial charge on any atom is 0.223 e. The van der Waals surface area contributed by atoms with Gasteiger partial charge in [-0.05, 0) is 52.6 Å². The fraction of sp³-hybridized carbons (Fsp3) is 0.933. The number of piperidine rings is 1. The van der Waals surface area contributed by atoms with Gasteiger partial charge in [-0.1, -0.05) is 12.8 Å². The SMILES string of the molecule is CC(C)NC(=O)C1CCN(C2CCCCC2O)CC1. The number of amides is 1. The van der Waals surface area contributed by atoms with Crippen LogP contribution in [0.5, 0.6) is 0 Å². The molecule has 2 fully saturated rings. The predicted octanol–water partition coefficient (Wildman–Crippen LogP) is 1.53. The van der Waals surface area contributed by atoms with Gasteiger partial charge in [-0.3, -0.25) is 9.69 Å². The van der Waals surface area contributed by atoms with Gasteiger partial charge in [-0.25, -0.2) is 0 Å². The lowest BCUT2D eigenvalue weighted by molar-refractivity contribution is -0.127. The van der Waals surface area contributed by atoms with Crippen molar-refractivity contribution in [1.82, 2.24) is 10.2 Å². The zero-order chi connectivity index (χ0) is 13.8. The molecule has 1 aliphatic carbocycles. The van der Waals surface area contributed by atoms with Gasteiger partial charge in [-0.2, -0.15) is 0 Å². The second kappa shape index (κ2) is 6.71. The summed E-state index contributed by atoms with van der Waals surface area (Å²) < 4.78 is 0. The molecule has 2 rings (SSSR count). The Hall–Kier alpha value is -0.610. The van der Waals surface area contributed by atoms with Gasteiger partial charge >= 0.3 is 0 Å². The second-order valence-corrected chi connectivity index (χ2v) is 6.39. The molecule has 4 heteroatoms. The lowest BCUT2D eigenvalue weighted by Gasteiger charge is -2.41. The van der Waals surface area contributed by atoms with Crippen molar-refractivity contribution in [3.63, 3.8) is 0 Å². The molecule has 0 spiro atoms. The summed E-state index contributed by atoms with van der Waals surface area (Å²) in [6.45, 7) is 5.92. The molecule has 110 valence electrons. The number of carbonyl (C=O) groups is 1. The van der Waals surface area contributed by atoms with Crippen LogP contribution in [0.25, 0.3) is 0 Å². The first-order chi connectivity index (χ1) is 9.08. The number of likely N-dealkylation sites (tertiary alicyclic amines) is 1. The zero-order valence-corrected chi connectivity index (χ0v) is 12.3. The fourth-order valence-corrected chi connectivity index (χ4v) is 3.41. The monoisotopic (exact) mass is 268 g/mol. The molecule has 1 saturated carbocycles. The number of aliphatic hydroxyl groups excluding tert-OH is 1. The summed E-state index contributed by atoms with van der Waals surface area (Å²) >= 11 is 0. The third-order valence-electron chi connectivity index (χ3n) is 4.49. The molecule has 1 aliphatic heterocycles. The molecule has 0 bridgehead atoms. The van der Waals surface area contributed by atoms with Crippen molar-refractivity contribution in [2.45, 2.75) is 70.6 Å². The smallest absolute Gasteiger partial charge is 0.223 e. The highest BCUT2D eigenvalue weighted by Crippen LogP contribution is 2.27. The van der Waals surface area contributed by atoms with Crippen LogP contribution in [0.2, 0.25) is 0 Å². The van der Waals surface area contributed by atoms with E-state index in [1.54, 1.807) is 0 Å². The molecular weight excluding hydrogens is 240 g/mol. The number of hydrogen-bond donors (Lipinski definition) is 2. The van der Waals surface area contributed by atoms with Crippen molar-refractivity contribution in [2.75, 3.05) is 13.1 Å². The summed E-state index contributed by atoms with van der Waals surface area (Å²) in [5.74, 6) is 0.373. The van der Waals surface area contributed by atoms with Crippen molar-refractivity contribution < 1.29 is 9.90 Å². The molecule has 0 aromatic carbocycles. The van der Waals surface area contributed by atoms with Crippen molar-refractivity contribution in [3.8, 4) is 0 Å². The van der Waals surface area contributed by atoms with E-state index in [0.29, 0.717) is 6.04 Å². The zero-order valence-electron chi connectivity index (χ0n) is 12.3. The highest BCUT2D eigenvalue weighted by atomic mass is 16.3. The van der Waals surface area contributed by atoms with Crippen molar-refractivity contribution in [3.05, 3.63) is 0 Å². The Morgan fingerprint density at radius 2 is 1.79 bits per heavy atom. The molecule has 1 amide bonds. The molecule has 0 radical (unpaired) electrons. The van der Waals surface area contributed by atoms with Crippen LogP contribution < -0.4 is 5.32 Å². The number of rotatable bonds is 3. The van der Waals surface area contributed by atoms with Crippen LogP contribution >= 0.6 is 0 Å². The fourth-order valence-electron chi connectivity index (χ4n) is 3.41. The molecule has 1 heterocycles. The lowest BCUT2D eigenvalue weighted by Crippen LogP contribution is -2.50. The van der Waals surface area contributed by atoms with Crippen molar-refractivity contribution >= 4 is 5.91 Å². The van der Waals surface area contributed by atoms with Crippen LogP contribution in [0.1, 0.15) is 52.4 Å². The average Bonchev–Trinajstić information content (AvgIpc) is 2.39.